The number of aromatic nitrogens is 3. The Balaban J connectivity index is 1.41. The first-order valence-electron chi connectivity index (χ1n) is 10.7. The molecule has 2 aliphatic carbocycles. The van der Waals surface area contributed by atoms with E-state index in [9.17, 15) is 8.78 Å². The van der Waals surface area contributed by atoms with Crippen molar-refractivity contribution in [2.45, 2.75) is 50.8 Å². The van der Waals surface area contributed by atoms with Gasteiger partial charge < -0.3 is 20.3 Å². The quantitative estimate of drug-likeness (QED) is 0.804. The van der Waals surface area contributed by atoms with Crippen LogP contribution in [0.25, 0.3) is 11.3 Å². The van der Waals surface area contributed by atoms with E-state index in [1.165, 1.54) is 38.2 Å². The Morgan fingerprint density at radius 1 is 1.00 bits per heavy atom. The van der Waals surface area contributed by atoms with E-state index in [2.05, 4.69) is 19.5 Å². The van der Waals surface area contributed by atoms with E-state index in [1.54, 1.807) is 6.20 Å². The number of hydrogen-bond acceptors (Lipinski definition) is 7. The van der Waals surface area contributed by atoms with E-state index in [4.69, 9.17) is 15.7 Å². The molecule has 30 heavy (non-hydrogen) atoms. The van der Waals surface area contributed by atoms with E-state index in [0.29, 0.717) is 23.3 Å². The molecule has 0 amide bonds. The summed E-state index contributed by atoms with van der Waals surface area (Å²) in [4.78, 5) is 18.5. The molecular weight excluding hydrogens is 390 g/mol. The van der Waals surface area contributed by atoms with Crippen molar-refractivity contribution in [1.29, 1.82) is 0 Å². The molecule has 2 N–H and O–H groups in total. The van der Waals surface area contributed by atoms with Gasteiger partial charge in [-0.3, -0.25) is 0 Å². The molecule has 5 fully saturated rings. The van der Waals surface area contributed by atoms with Gasteiger partial charge in [-0.15, -0.1) is 0 Å². The predicted molar refractivity (Wildman–Crippen MR) is 109 cm³/mol. The Kier molecular flexibility index (Phi) is 4.01. The monoisotopic (exact) mass is 414 g/mol. The number of ether oxygens (including phenoxy) is 1. The maximum Gasteiger partial charge on any atom is 0.387 e. The molecule has 2 atom stereocenters. The molecule has 2 saturated carbocycles. The summed E-state index contributed by atoms with van der Waals surface area (Å²) in [7, 11) is 0. The van der Waals surface area contributed by atoms with Gasteiger partial charge in [-0.25, -0.2) is 9.97 Å². The lowest BCUT2D eigenvalue weighted by molar-refractivity contribution is -0.0494. The van der Waals surface area contributed by atoms with Crippen LogP contribution in [0.15, 0.2) is 18.3 Å². The number of pyridine rings is 1. The molecule has 5 heterocycles. The van der Waals surface area contributed by atoms with Gasteiger partial charge in [0, 0.05) is 43.0 Å². The average Bonchev–Trinajstić information content (AvgIpc) is 3.48. The largest absolute Gasteiger partial charge is 0.431 e. The van der Waals surface area contributed by atoms with Gasteiger partial charge in [0.25, 0.3) is 0 Å². The smallest absolute Gasteiger partial charge is 0.387 e. The highest BCUT2D eigenvalue weighted by Crippen LogP contribution is 2.44. The van der Waals surface area contributed by atoms with Gasteiger partial charge in [0.15, 0.2) is 11.6 Å². The summed E-state index contributed by atoms with van der Waals surface area (Å²) in [5.74, 6) is 2.92. The summed E-state index contributed by atoms with van der Waals surface area (Å²) < 4.78 is 30.1. The Labute approximate surface area is 173 Å². The number of nitrogens with zero attached hydrogens (tertiary/aromatic N) is 5. The van der Waals surface area contributed by atoms with Crippen LogP contribution in [0.2, 0.25) is 0 Å². The summed E-state index contributed by atoms with van der Waals surface area (Å²) in [6.07, 6.45) is 7.67. The van der Waals surface area contributed by atoms with Crippen molar-refractivity contribution in [1.82, 2.24) is 15.0 Å². The van der Waals surface area contributed by atoms with Crippen molar-refractivity contribution in [3.63, 3.8) is 0 Å². The molecule has 4 bridgehead atoms. The fraction of sp³-hybridized carbons (Fsp3) is 0.571. The minimum absolute atomic E-state index is 0.0641. The number of rotatable bonds is 5. The molecule has 7 rings (SSSR count). The molecule has 3 saturated heterocycles. The second kappa shape index (κ2) is 6.65. The molecule has 2 aromatic heterocycles. The number of nitrogens with two attached hydrogens (primary N) is 1. The maximum atomic E-state index is 12.8. The fourth-order valence-corrected chi connectivity index (χ4v) is 5.61. The van der Waals surface area contributed by atoms with Crippen LogP contribution in [0.4, 0.5) is 26.4 Å². The number of anilines is 3. The molecule has 0 radical (unpaired) electrons. The standard InChI is InChI=1S/C21H24F2N6O/c22-20(23)30-17-6-13(8-25-19(17)24)16-7-18(28-9-11-1-2-14(28)3-11)27-21(26-16)29-10-12-4-15(29)5-12/h6-8,11-12,14-15,20H,1-5,9-10H2,(H2,24,25). The number of alkyl halides is 2. The fourth-order valence-electron chi connectivity index (χ4n) is 5.61. The molecule has 9 heteroatoms. The van der Waals surface area contributed by atoms with E-state index in [1.807, 2.05) is 6.07 Å². The van der Waals surface area contributed by atoms with Crippen LogP contribution in [-0.2, 0) is 0 Å². The van der Waals surface area contributed by atoms with E-state index in [0.717, 1.165) is 36.7 Å². The summed E-state index contributed by atoms with van der Waals surface area (Å²) in [6.45, 7) is -0.955. The Morgan fingerprint density at radius 2 is 1.80 bits per heavy atom. The molecule has 2 unspecified atom stereocenters. The van der Waals surface area contributed by atoms with Gasteiger partial charge >= 0.3 is 6.61 Å². The van der Waals surface area contributed by atoms with Crippen LogP contribution < -0.4 is 20.3 Å². The lowest BCUT2D eigenvalue weighted by atomic mass is 9.86. The van der Waals surface area contributed by atoms with Gasteiger partial charge in [-0.05, 0) is 50.0 Å². The molecule has 3 aliphatic heterocycles. The van der Waals surface area contributed by atoms with E-state index < -0.39 is 6.61 Å². The zero-order valence-corrected chi connectivity index (χ0v) is 16.5. The lowest BCUT2D eigenvalue weighted by Crippen LogP contribution is -2.34. The van der Waals surface area contributed by atoms with Crippen molar-refractivity contribution >= 4 is 17.6 Å². The van der Waals surface area contributed by atoms with Gasteiger partial charge in [0.1, 0.15) is 5.82 Å². The third-order valence-corrected chi connectivity index (χ3v) is 7.16. The Hall–Kier alpha value is -2.71. The zero-order valence-electron chi connectivity index (χ0n) is 16.5. The second-order valence-corrected chi connectivity index (χ2v) is 9.03. The van der Waals surface area contributed by atoms with Crippen LogP contribution in [0.1, 0.15) is 32.1 Å². The number of piperidine rings is 1. The molecule has 0 spiro atoms. The number of nitrogen functional groups attached to an aromatic ring is 1. The third-order valence-electron chi connectivity index (χ3n) is 7.16. The first kappa shape index (κ1) is 18.1. The molecule has 5 aliphatic rings. The Bertz CT molecular complexity index is 982. The highest BCUT2D eigenvalue weighted by Gasteiger charge is 2.44. The van der Waals surface area contributed by atoms with Crippen LogP contribution in [-0.4, -0.2) is 46.7 Å². The van der Waals surface area contributed by atoms with Crippen molar-refractivity contribution in [3.8, 4) is 17.0 Å². The first-order valence-corrected chi connectivity index (χ1v) is 10.7. The van der Waals surface area contributed by atoms with E-state index >= 15 is 0 Å². The third kappa shape index (κ3) is 2.94. The van der Waals surface area contributed by atoms with Crippen molar-refractivity contribution < 1.29 is 13.5 Å². The second-order valence-electron chi connectivity index (χ2n) is 9.03. The lowest BCUT2D eigenvalue weighted by Gasteiger charge is -2.30. The molecule has 7 nitrogen and oxygen atoms in total. The number of halogens is 2. The van der Waals surface area contributed by atoms with E-state index in [-0.39, 0.29) is 11.6 Å². The van der Waals surface area contributed by atoms with Gasteiger partial charge in [-0.1, -0.05) is 0 Å². The topological polar surface area (TPSA) is 80.4 Å². The summed E-state index contributed by atoms with van der Waals surface area (Å²) in [6, 6.07) is 4.48. The predicted octanol–water partition coefficient (Wildman–Crippen LogP) is 3.31. The van der Waals surface area contributed by atoms with Crippen LogP contribution in [0.3, 0.4) is 0 Å². The minimum atomic E-state index is -2.96. The number of fused-ring (bicyclic) bond motifs is 3. The van der Waals surface area contributed by atoms with Crippen molar-refractivity contribution in [3.05, 3.63) is 18.3 Å². The minimum Gasteiger partial charge on any atom is -0.431 e. The normalized spacial score (nSPS) is 29.0. The highest BCUT2D eigenvalue weighted by molar-refractivity contribution is 5.68. The summed E-state index contributed by atoms with van der Waals surface area (Å²) in [5.41, 5.74) is 6.98. The summed E-state index contributed by atoms with van der Waals surface area (Å²) in [5, 5.41) is 0. The molecule has 158 valence electrons. The van der Waals surface area contributed by atoms with Gasteiger partial charge in [-0.2, -0.15) is 13.8 Å². The number of hydrogen-bond donors (Lipinski definition) is 1. The van der Waals surface area contributed by atoms with Gasteiger partial charge in [0.05, 0.1) is 5.69 Å². The summed E-state index contributed by atoms with van der Waals surface area (Å²) >= 11 is 0. The average molecular weight is 414 g/mol. The van der Waals surface area contributed by atoms with Crippen LogP contribution in [0.5, 0.6) is 5.75 Å². The highest BCUT2D eigenvalue weighted by atomic mass is 19.3. The first-order chi connectivity index (χ1) is 14.5. The molecule has 2 aromatic rings. The van der Waals surface area contributed by atoms with Crippen LogP contribution >= 0.6 is 0 Å². The molecular formula is C21H24F2N6O. The van der Waals surface area contributed by atoms with Crippen LogP contribution in [0, 0.1) is 11.8 Å². The SMILES string of the molecule is Nc1ncc(-c2cc(N3CC4CCC3C4)nc(N3CC4CC3C4)n2)cc1OC(F)F. The Morgan fingerprint density at radius 3 is 2.47 bits per heavy atom. The van der Waals surface area contributed by atoms with Crippen molar-refractivity contribution in [2.24, 2.45) is 11.8 Å². The van der Waals surface area contributed by atoms with Gasteiger partial charge in [0.2, 0.25) is 5.95 Å². The maximum absolute atomic E-state index is 12.8. The van der Waals surface area contributed by atoms with Crippen molar-refractivity contribution in [2.75, 3.05) is 28.6 Å². The molecule has 0 aromatic carbocycles. The zero-order chi connectivity index (χ0) is 20.4.